The van der Waals surface area contributed by atoms with Crippen molar-refractivity contribution < 1.29 is 28.9 Å². The smallest absolute Gasteiger partial charge is 0.344 e. The Morgan fingerprint density at radius 3 is 2.59 bits per heavy atom. The van der Waals surface area contributed by atoms with Crippen LogP contribution in [0.5, 0.6) is 11.5 Å². The van der Waals surface area contributed by atoms with E-state index in [0.29, 0.717) is 34.1 Å². The number of aliphatic imine (C=N–C) groups is 1. The number of benzene rings is 2. The summed E-state index contributed by atoms with van der Waals surface area (Å²) in [7, 11) is 0. The van der Waals surface area contributed by atoms with Crippen LogP contribution in [0.1, 0.15) is 43.9 Å². The molecule has 2 aromatic carbocycles. The molecule has 0 saturated heterocycles. The number of carbonyl (C=O) groups excluding carboxylic acids is 2. The minimum absolute atomic E-state index is 0.102. The number of thioether (sulfide) groups is 1. The van der Waals surface area contributed by atoms with Crippen LogP contribution in [0.3, 0.4) is 0 Å². The van der Waals surface area contributed by atoms with E-state index in [2.05, 4.69) is 33.7 Å². The molecule has 3 rings (SSSR count). The van der Waals surface area contributed by atoms with Crippen molar-refractivity contribution in [1.82, 2.24) is 0 Å². The SMILES string of the molecule is CCOC(=O)C1=C(O)/C(=C/c2cc(I)c(OCc3ccccc3C#N)c(OCC)c2)SC1=NC(=O)CC. The number of ether oxygens (including phenoxy) is 3. The number of hydrogen-bond donors (Lipinski definition) is 1. The second-order valence-electron chi connectivity index (χ2n) is 7.54. The van der Waals surface area contributed by atoms with E-state index < -0.39 is 11.9 Å². The summed E-state index contributed by atoms with van der Waals surface area (Å²) < 4.78 is 17.7. The number of amides is 1. The highest BCUT2D eigenvalue weighted by atomic mass is 127. The number of rotatable bonds is 9. The van der Waals surface area contributed by atoms with Crippen molar-refractivity contribution in [2.45, 2.75) is 33.8 Å². The number of aliphatic hydroxyl groups excluding tert-OH is 1. The molecule has 0 bridgehead atoms. The molecule has 10 heteroatoms. The average Bonchev–Trinajstić information content (AvgIpc) is 3.18. The Balaban J connectivity index is 1.98. The van der Waals surface area contributed by atoms with Gasteiger partial charge in [0.25, 0.3) is 0 Å². The van der Waals surface area contributed by atoms with Crippen LogP contribution in [0.4, 0.5) is 0 Å². The lowest BCUT2D eigenvalue weighted by atomic mass is 10.1. The highest BCUT2D eigenvalue weighted by Gasteiger charge is 2.33. The Kier molecular flexibility index (Phi) is 10.2. The summed E-state index contributed by atoms with van der Waals surface area (Å²) in [4.78, 5) is 28.7. The van der Waals surface area contributed by atoms with Crippen LogP contribution in [0, 0.1) is 14.9 Å². The van der Waals surface area contributed by atoms with Gasteiger partial charge in [-0.3, -0.25) is 4.79 Å². The lowest BCUT2D eigenvalue weighted by molar-refractivity contribution is -0.138. The Bertz CT molecular complexity index is 1340. The second kappa shape index (κ2) is 13.3. The summed E-state index contributed by atoms with van der Waals surface area (Å²) in [6.07, 6.45) is 1.84. The van der Waals surface area contributed by atoms with E-state index >= 15 is 0 Å². The van der Waals surface area contributed by atoms with Crippen molar-refractivity contribution in [3.05, 3.63) is 72.9 Å². The predicted molar refractivity (Wildman–Crippen MR) is 150 cm³/mol. The lowest BCUT2D eigenvalue weighted by Gasteiger charge is -2.15. The van der Waals surface area contributed by atoms with Crippen molar-refractivity contribution in [1.29, 1.82) is 5.26 Å². The lowest BCUT2D eigenvalue weighted by Crippen LogP contribution is -2.14. The summed E-state index contributed by atoms with van der Waals surface area (Å²) in [6, 6.07) is 13.0. The van der Waals surface area contributed by atoms with Crippen LogP contribution >= 0.6 is 34.4 Å². The predicted octanol–water partition coefficient (Wildman–Crippen LogP) is 5.94. The first kappa shape index (κ1) is 28.3. The van der Waals surface area contributed by atoms with Gasteiger partial charge in [-0.05, 0) is 66.3 Å². The third kappa shape index (κ3) is 6.93. The number of halogens is 1. The van der Waals surface area contributed by atoms with Crippen molar-refractivity contribution in [3.63, 3.8) is 0 Å². The molecular formula is C27H25IN2O6S. The third-order valence-electron chi connectivity index (χ3n) is 5.04. The molecule has 1 N–H and O–H groups in total. The number of hydrogen-bond acceptors (Lipinski definition) is 8. The summed E-state index contributed by atoms with van der Waals surface area (Å²) in [6.45, 7) is 5.87. The van der Waals surface area contributed by atoms with Gasteiger partial charge in [0.1, 0.15) is 23.0 Å². The molecule has 2 aromatic rings. The van der Waals surface area contributed by atoms with E-state index in [1.54, 1.807) is 38.1 Å². The van der Waals surface area contributed by atoms with Crippen molar-refractivity contribution >= 4 is 57.3 Å². The quantitative estimate of drug-likeness (QED) is 0.267. The number of nitrogens with zero attached hydrogens (tertiary/aromatic N) is 2. The first-order valence-corrected chi connectivity index (χ1v) is 13.4. The van der Waals surface area contributed by atoms with Crippen molar-refractivity contribution in [2.75, 3.05) is 13.2 Å². The van der Waals surface area contributed by atoms with E-state index in [9.17, 15) is 20.0 Å². The maximum Gasteiger partial charge on any atom is 0.344 e. The first-order chi connectivity index (χ1) is 17.8. The van der Waals surface area contributed by atoms with Gasteiger partial charge in [0.05, 0.1) is 33.3 Å². The topological polar surface area (TPSA) is 118 Å². The summed E-state index contributed by atoms with van der Waals surface area (Å²) in [5.41, 5.74) is 1.84. The van der Waals surface area contributed by atoms with Gasteiger partial charge in [-0.1, -0.05) is 36.9 Å². The molecule has 37 heavy (non-hydrogen) atoms. The molecule has 1 aliphatic heterocycles. The van der Waals surface area contributed by atoms with Crippen molar-refractivity contribution in [2.24, 2.45) is 4.99 Å². The number of aliphatic hydroxyl groups is 1. The Morgan fingerprint density at radius 1 is 1.16 bits per heavy atom. The van der Waals surface area contributed by atoms with Gasteiger partial charge in [0.15, 0.2) is 11.5 Å². The van der Waals surface area contributed by atoms with Gasteiger partial charge < -0.3 is 19.3 Å². The fourth-order valence-electron chi connectivity index (χ4n) is 3.31. The van der Waals surface area contributed by atoms with Gasteiger partial charge >= 0.3 is 5.97 Å². The second-order valence-corrected chi connectivity index (χ2v) is 9.73. The molecule has 0 unspecified atom stereocenters. The number of carbonyl (C=O) groups is 2. The van der Waals surface area contributed by atoms with Gasteiger partial charge in [-0.2, -0.15) is 5.26 Å². The van der Waals surface area contributed by atoms with Crippen molar-refractivity contribution in [3.8, 4) is 17.6 Å². The molecule has 1 heterocycles. The van der Waals surface area contributed by atoms with Crippen LogP contribution in [-0.2, 0) is 20.9 Å². The molecule has 0 aromatic heterocycles. The molecule has 1 aliphatic rings. The first-order valence-electron chi connectivity index (χ1n) is 11.5. The zero-order valence-electron chi connectivity index (χ0n) is 20.5. The summed E-state index contributed by atoms with van der Waals surface area (Å²) in [5, 5.41) is 20.3. The molecule has 0 aliphatic carbocycles. The largest absolute Gasteiger partial charge is 0.506 e. The van der Waals surface area contributed by atoms with Crippen LogP contribution in [-0.4, -0.2) is 35.2 Å². The molecule has 0 fully saturated rings. The van der Waals surface area contributed by atoms with Gasteiger partial charge in [0, 0.05) is 12.0 Å². The molecular weight excluding hydrogens is 607 g/mol. The van der Waals surface area contributed by atoms with E-state index in [1.807, 2.05) is 25.1 Å². The van der Waals surface area contributed by atoms with E-state index in [4.69, 9.17) is 14.2 Å². The Labute approximate surface area is 233 Å². The maximum atomic E-state index is 12.5. The zero-order chi connectivity index (χ0) is 26.9. The van der Waals surface area contributed by atoms with E-state index in [-0.39, 0.29) is 36.0 Å². The van der Waals surface area contributed by atoms with Crippen LogP contribution in [0.15, 0.2) is 57.6 Å². The third-order valence-corrected chi connectivity index (χ3v) is 6.86. The Morgan fingerprint density at radius 2 is 1.92 bits per heavy atom. The van der Waals surface area contributed by atoms with Crippen LogP contribution < -0.4 is 9.47 Å². The standard InChI is InChI=1S/C27H25IN2O6S/c1-4-22(31)30-26-23(27(33)35-6-3)24(32)21(37-26)13-16-11-19(28)25(20(12-16)34-5-2)36-15-18-10-8-7-9-17(18)14-29/h7-13,32H,4-6,15H2,1-3H3/b21-13-,30-26?. The molecule has 1 amide bonds. The number of nitriles is 1. The highest BCUT2D eigenvalue weighted by Crippen LogP contribution is 2.41. The van der Waals surface area contributed by atoms with Gasteiger partial charge in [-0.25, -0.2) is 9.79 Å². The monoisotopic (exact) mass is 632 g/mol. The highest BCUT2D eigenvalue weighted by molar-refractivity contribution is 14.1. The maximum absolute atomic E-state index is 12.5. The molecule has 0 atom stereocenters. The van der Waals surface area contributed by atoms with Crippen LogP contribution in [0.2, 0.25) is 0 Å². The van der Waals surface area contributed by atoms with E-state index in [1.165, 1.54) is 0 Å². The van der Waals surface area contributed by atoms with Crippen LogP contribution in [0.25, 0.3) is 6.08 Å². The minimum Gasteiger partial charge on any atom is -0.506 e. The fraction of sp³-hybridized carbons (Fsp3) is 0.259. The average molecular weight is 632 g/mol. The van der Waals surface area contributed by atoms with E-state index in [0.717, 1.165) is 20.9 Å². The fourth-order valence-corrected chi connectivity index (χ4v) is 5.13. The van der Waals surface area contributed by atoms with Gasteiger partial charge in [-0.15, -0.1) is 0 Å². The normalized spacial score (nSPS) is 15.1. The Hall–Kier alpha value is -3.30. The van der Waals surface area contributed by atoms with Gasteiger partial charge in [0.2, 0.25) is 5.91 Å². The molecule has 0 saturated carbocycles. The summed E-state index contributed by atoms with van der Waals surface area (Å²) in [5.74, 6) is -0.440. The minimum atomic E-state index is -0.746. The molecule has 0 radical (unpaired) electrons. The zero-order valence-corrected chi connectivity index (χ0v) is 23.5. The molecule has 0 spiro atoms. The molecule has 8 nitrogen and oxygen atoms in total. The molecule has 192 valence electrons. The number of esters is 1. The summed E-state index contributed by atoms with van der Waals surface area (Å²) >= 11 is 3.15.